The number of nitrogens with one attached hydrogen (secondary N) is 1. The van der Waals surface area contributed by atoms with E-state index in [1.807, 2.05) is 48.5 Å². The molecule has 0 spiro atoms. The van der Waals surface area contributed by atoms with Crippen LogP contribution in [0.3, 0.4) is 0 Å². The minimum atomic E-state index is -0.831. The van der Waals surface area contributed by atoms with Gasteiger partial charge in [-0.05, 0) is 49.6 Å². The molecule has 0 radical (unpaired) electrons. The summed E-state index contributed by atoms with van der Waals surface area (Å²) in [7, 11) is 2.92. The summed E-state index contributed by atoms with van der Waals surface area (Å²) in [6.45, 7) is 5.28. The summed E-state index contributed by atoms with van der Waals surface area (Å²) in [5.74, 6) is 0.261. The van der Waals surface area contributed by atoms with Crippen LogP contribution in [0.2, 0.25) is 0 Å². The van der Waals surface area contributed by atoms with E-state index in [0.717, 1.165) is 22.4 Å². The first-order valence-electron chi connectivity index (χ1n) is 9.02. The number of carbonyl (C=O) groups excluding carboxylic acids is 2. The Bertz CT molecular complexity index is 808. The third-order valence-electron chi connectivity index (χ3n) is 3.97. The molecule has 1 atom stereocenters. The van der Waals surface area contributed by atoms with Crippen molar-refractivity contribution in [1.82, 2.24) is 5.32 Å². The second-order valence-corrected chi connectivity index (χ2v) is 7.35. The van der Waals surface area contributed by atoms with Crippen LogP contribution in [0, 0.1) is 0 Å². The normalized spacial score (nSPS) is 12.0. The molecule has 0 fully saturated rings. The van der Waals surface area contributed by atoms with E-state index >= 15 is 0 Å². The molecule has 28 heavy (non-hydrogen) atoms. The molecular formula is C22H27NO5. The number of alkyl carbamates (subject to hydrolysis) is 1. The highest BCUT2D eigenvalue weighted by atomic mass is 16.6. The molecule has 2 rings (SSSR count). The van der Waals surface area contributed by atoms with Crippen LogP contribution >= 0.6 is 0 Å². The Labute approximate surface area is 165 Å². The Kier molecular flexibility index (Phi) is 7.04. The highest BCUT2D eigenvalue weighted by molar-refractivity contribution is 5.81. The largest absolute Gasteiger partial charge is 0.497 e. The molecule has 6 heteroatoms. The van der Waals surface area contributed by atoms with E-state index in [1.165, 1.54) is 7.11 Å². The van der Waals surface area contributed by atoms with Crippen LogP contribution in [-0.4, -0.2) is 37.9 Å². The van der Waals surface area contributed by atoms with Crippen molar-refractivity contribution < 1.29 is 23.8 Å². The molecule has 0 aliphatic rings. The second-order valence-electron chi connectivity index (χ2n) is 7.35. The summed E-state index contributed by atoms with van der Waals surface area (Å²) in [6, 6.07) is 14.7. The Morgan fingerprint density at radius 1 is 1.00 bits per heavy atom. The highest BCUT2D eigenvalue weighted by Crippen LogP contribution is 2.24. The third-order valence-corrected chi connectivity index (χ3v) is 3.97. The van der Waals surface area contributed by atoms with Gasteiger partial charge in [0.25, 0.3) is 0 Å². The number of hydrogen-bond donors (Lipinski definition) is 1. The summed E-state index contributed by atoms with van der Waals surface area (Å²) in [4.78, 5) is 24.1. The molecule has 6 nitrogen and oxygen atoms in total. The molecule has 0 aromatic heterocycles. The molecule has 1 amide bonds. The van der Waals surface area contributed by atoms with Crippen molar-refractivity contribution in [3.63, 3.8) is 0 Å². The van der Waals surface area contributed by atoms with Gasteiger partial charge in [-0.1, -0.05) is 36.4 Å². The predicted molar refractivity (Wildman–Crippen MR) is 107 cm³/mol. The zero-order valence-electron chi connectivity index (χ0n) is 16.9. The number of rotatable bonds is 6. The molecular weight excluding hydrogens is 358 g/mol. The van der Waals surface area contributed by atoms with Crippen LogP contribution in [0.1, 0.15) is 26.3 Å². The van der Waals surface area contributed by atoms with Crippen LogP contribution in [0.5, 0.6) is 5.75 Å². The van der Waals surface area contributed by atoms with Crippen molar-refractivity contribution in [2.75, 3.05) is 14.2 Å². The Morgan fingerprint density at radius 3 is 2.25 bits per heavy atom. The average molecular weight is 385 g/mol. The molecule has 0 aliphatic heterocycles. The maximum atomic E-state index is 12.1. The molecule has 0 aliphatic carbocycles. The van der Waals surface area contributed by atoms with Gasteiger partial charge in [-0.3, -0.25) is 0 Å². The fourth-order valence-corrected chi connectivity index (χ4v) is 2.66. The van der Waals surface area contributed by atoms with Crippen LogP contribution < -0.4 is 10.1 Å². The van der Waals surface area contributed by atoms with Gasteiger partial charge < -0.3 is 19.5 Å². The number of hydrogen-bond acceptors (Lipinski definition) is 5. The van der Waals surface area contributed by atoms with Crippen molar-refractivity contribution in [2.45, 2.75) is 38.8 Å². The average Bonchev–Trinajstić information content (AvgIpc) is 2.66. The lowest BCUT2D eigenvalue weighted by Crippen LogP contribution is -2.45. The van der Waals surface area contributed by atoms with Gasteiger partial charge in [-0.25, -0.2) is 9.59 Å². The fraction of sp³-hybridized carbons (Fsp3) is 0.364. The van der Waals surface area contributed by atoms with Crippen LogP contribution in [0.4, 0.5) is 4.79 Å². The molecule has 0 saturated heterocycles. The van der Waals surface area contributed by atoms with Gasteiger partial charge in [0.05, 0.1) is 14.2 Å². The lowest BCUT2D eigenvalue weighted by atomic mass is 10.0. The van der Waals surface area contributed by atoms with E-state index in [2.05, 4.69) is 5.32 Å². The molecule has 2 aromatic carbocycles. The highest BCUT2D eigenvalue weighted by Gasteiger charge is 2.25. The van der Waals surface area contributed by atoms with Gasteiger partial charge in [-0.2, -0.15) is 0 Å². The number of amides is 1. The molecule has 1 unspecified atom stereocenters. The van der Waals surface area contributed by atoms with E-state index in [9.17, 15) is 9.59 Å². The standard InChI is InChI=1S/C22H27NO5/c1-22(2,3)28-21(25)23-19(20(24)27-5)13-15-9-11-16(12-10-15)17-7-6-8-18(14-17)26-4/h6-12,14,19H,13H2,1-5H3,(H,23,25). The van der Waals surface area contributed by atoms with Crippen molar-refractivity contribution in [1.29, 1.82) is 0 Å². The van der Waals surface area contributed by atoms with Crippen LogP contribution in [0.15, 0.2) is 48.5 Å². The summed E-state index contributed by atoms with van der Waals surface area (Å²) in [6.07, 6.45) is -0.361. The van der Waals surface area contributed by atoms with E-state index in [4.69, 9.17) is 14.2 Å². The van der Waals surface area contributed by atoms with Crippen LogP contribution in [-0.2, 0) is 20.7 Å². The first kappa shape index (κ1) is 21.3. The quantitative estimate of drug-likeness (QED) is 0.762. The van der Waals surface area contributed by atoms with Crippen molar-refractivity contribution >= 4 is 12.1 Å². The topological polar surface area (TPSA) is 73.9 Å². The van der Waals surface area contributed by atoms with Crippen molar-refractivity contribution in [3.05, 3.63) is 54.1 Å². The monoisotopic (exact) mass is 385 g/mol. The number of methoxy groups -OCH3 is 2. The Morgan fingerprint density at radius 2 is 1.68 bits per heavy atom. The molecule has 1 N–H and O–H groups in total. The van der Waals surface area contributed by atoms with E-state index in [-0.39, 0.29) is 0 Å². The second kappa shape index (κ2) is 9.26. The van der Waals surface area contributed by atoms with Crippen molar-refractivity contribution in [2.24, 2.45) is 0 Å². The molecule has 0 heterocycles. The number of esters is 1. The Balaban J connectivity index is 2.11. The lowest BCUT2D eigenvalue weighted by Gasteiger charge is -2.22. The Hall–Kier alpha value is -3.02. The van der Waals surface area contributed by atoms with E-state index in [1.54, 1.807) is 27.9 Å². The predicted octanol–water partition coefficient (Wildman–Crippen LogP) is 3.97. The van der Waals surface area contributed by atoms with Gasteiger partial charge in [0.15, 0.2) is 0 Å². The van der Waals surface area contributed by atoms with Gasteiger partial charge in [0.1, 0.15) is 17.4 Å². The van der Waals surface area contributed by atoms with Crippen LogP contribution in [0.25, 0.3) is 11.1 Å². The number of benzene rings is 2. The molecule has 2 aromatic rings. The molecule has 0 saturated carbocycles. The summed E-state index contributed by atoms with van der Waals surface area (Å²) in [5.41, 5.74) is 2.29. The van der Waals surface area contributed by atoms with Gasteiger partial charge >= 0.3 is 12.1 Å². The number of ether oxygens (including phenoxy) is 3. The summed E-state index contributed by atoms with van der Waals surface area (Å²) >= 11 is 0. The maximum Gasteiger partial charge on any atom is 0.408 e. The van der Waals surface area contributed by atoms with Gasteiger partial charge in [0.2, 0.25) is 0 Å². The maximum absolute atomic E-state index is 12.1. The van der Waals surface area contributed by atoms with Gasteiger partial charge in [0, 0.05) is 6.42 Å². The summed E-state index contributed by atoms with van der Waals surface area (Å²) in [5, 5.41) is 2.58. The SMILES string of the molecule is COC(=O)C(Cc1ccc(-c2cccc(OC)c2)cc1)NC(=O)OC(C)(C)C. The first-order chi connectivity index (χ1) is 13.2. The zero-order chi connectivity index (χ0) is 20.7. The molecule has 0 bridgehead atoms. The lowest BCUT2D eigenvalue weighted by molar-refractivity contribution is -0.143. The summed E-state index contributed by atoms with van der Waals surface area (Å²) < 4.78 is 15.3. The van der Waals surface area contributed by atoms with E-state index in [0.29, 0.717) is 6.42 Å². The minimum Gasteiger partial charge on any atom is -0.497 e. The minimum absolute atomic E-state index is 0.296. The molecule has 150 valence electrons. The smallest absolute Gasteiger partial charge is 0.408 e. The number of carbonyl (C=O) groups is 2. The fourth-order valence-electron chi connectivity index (χ4n) is 2.66. The van der Waals surface area contributed by atoms with Crippen molar-refractivity contribution in [3.8, 4) is 16.9 Å². The first-order valence-corrected chi connectivity index (χ1v) is 9.02. The van der Waals surface area contributed by atoms with Gasteiger partial charge in [-0.15, -0.1) is 0 Å². The van der Waals surface area contributed by atoms with E-state index < -0.39 is 23.7 Å². The zero-order valence-corrected chi connectivity index (χ0v) is 16.9. The third kappa shape index (κ3) is 6.30.